The van der Waals surface area contributed by atoms with Crippen LogP contribution in [0.3, 0.4) is 0 Å². The summed E-state index contributed by atoms with van der Waals surface area (Å²) in [5.74, 6) is -0.505. The van der Waals surface area contributed by atoms with Gasteiger partial charge >= 0.3 is 0 Å². The highest BCUT2D eigenvalue weighted by Gasteiger charge is 2.29. The van der Waals surface area contributed by atoms with Gasteiger partial charge in [0, 0.05) is 42.0 Å². The molecule has 5 rings (SSSR count). The number of pyridine rings is 1. The van der Waals surface area contributed by atoms with Crippen molar-refractivity contribution in [3.63, 3.8) is 0 Å². The standard InChI is InChI=1S/C32H40ClFN6O3S/c1-19(2)40-31-25(21-9-12-24(13-10-21)37-20(3)17-43-4)16-36-32(35)29(31)30(38-40)22-11-14-28(27(34)15-22)39-44(41,42)18-23-7-5-6-8-26(23)33/h5-8,11,14-16,19-21,24,37,39H,9-10,12-13,17-18H2,1-4H3,(H2,35,36)/t20?,21-,24-. The highest BCUT2D eigenvalue weighted by molar-refractivity contribution is 7.91. The van der Waals surface area contributed by atoms with E-state index in [2.05, 4.69) is 21.9 Å². The number of anilines is 2. The highest BCUT2D eigenvalue weighted by atomic mass is 35.5. The zero-order chi connectivity index (χ0) is 31.6. The Hall–Kier alpha value is -3.25. The Balaban J connectivity index is 1.44. The van der Waals surface area contributed by atoms with Crippen LogP contribution in [0.1, 0.15) is 69.5 Å². The van der Waals surface area contributed by atoms with Gasteiger partial charge in [0.2, 0.25) is 10.0 Å². The molecule has 1 saturated carbocycles. The van der Waals surface area contributed by atoms with Crippen molar-refractivity contribution >= 4 is 44.0 Å². The van der Waals surface area contributed by atoms with Gasteiger partial charge in [0.15, 0.2) is 0 Å². The SMILES string of the molecule is COCC(C)N[C@H]1CC[C@H](c2cnc(N)c3c(-c4ccc(NS(=O)(=O)Cc5ccccc5Cl)c(F)c4)nn(C(C)C)c32)CC1. The molecule has 0 bridgehead atoms. The molecule has 1 atom stereocenters. The summed E-state index contributed by atoms with van der Waals surface area (Å²) in [6.07, 6.45) is 5.92. The lowest BCUT2D eigenvalue weighted by atomic mass is 9.81. The Morgan fingerprint density at radius 2 is 1.86 bits per heavy atom. The van der Waals surface area contributed by atoms with Gasteiger partial charge in [-0.25, -0.2) is 17.8 Å². The zero-order valence-electron chi connectivity index (χ0n) is 25.5. The van der Waals surface area contributed by atoms with Crippen molar-refractivity contribution in [3.8, 4) is 11.3 Å². The summed E-state index contributed by atoms with van der Waals surface area (Å²) in [6.45, 7) is 6.91. The van der Waals surface area contributed by atoms with Crippen LogP contribution >= 0.6 is 11.6 Å². The molecule has 0 radical (unpaired) electrons. The number of hydrogen-bond acceptors (Lipinski definition) is 7. The number of methoxy groups -OCH3 is 1. The Kier molecular flexibility index (Phi) is 9.79. The monoisotopic (exact) mass is 642 g/mol. The number of nitrogens with two attached hydrogens (primary N) is 1. The summed E-state index contributed by atoms with van der Waals surface area (Å²) in [6, 6.07) is 11.7. The van der Waals surface area contributed by atoms with Gasteiger partial charge in [0.05, 0.1) is 29.0 Å². The molecule has 0 saturated heterocycles. The molecule has 236 valence electrons. The average molecular weight is 643 g/mol. The lowest BCUT2D eigenvalue weighted by Gasteiger charge is -2.31. The van der Waals surface area contributed by atoms with Crippen LogP contribution in [-0.4, -0.2) is 49.0 Å². The summed E-state index contributed by atoms with van der Waals surface area (Å²) >= 11 is 6.14. The molecule has 1 aliphatic carbocycles. The second-order valence-electron chi connectivity index (χ2n) is 11.9. The van der Waals surface area contributed by atoms with E-state index in [0.29, 0.717) is 51.7 Å². The van der Waals surface area contributed by atoms with Gasteiger partial charge in [-0.05, 0) is 81.7 Å². The number of sulfonamides is 1. The quantitative estimate of drug-likeness (QED) is 0.167. The van der Waals surface area contributed by atoms with Crippen LogP contribution in [0.25, 0.3) is 22.2 Å². The fourth-order valence-corrected chi connectivity index (χ4v) is 7.65. The molecule has 4 N–H and O–H groups in total. The fraction of sp³-hybridized carbons (Fsp3) is 0.438. The first-order chi connectivity index (χ1) is 21.0. The van der Waals surface area contributed by atoms with Gasteiger partial charge in [-0.2, -0.15) is 5.10 Å². The molecule has 9 nitrogen and oxygen atoms in total. The van der Waals surface area contributed by atoms with Crippen LogP contribution in [0, 0.1) is 5.82 Å². The van der Waals surface area contributed by atoms with E-state index in [1.54, 1.807) is 37.4 Å². The van der Waals surface area contributed by atoms with E-state index in [9.17, 15) is 8.42 Å². The Morgan fingerprint density at radius 3 is 2.52 bits per heavy atom. The second-order valence-corrected chi connectivity index (χ2v) is 14.1. The van der Waals surface area contributed by atoms with Crippen molar-refractivity contribution in [2.45, 2.75) is 76.3 Å². The number of fused-ring (bicyclic) bond motifs is 1. The van der Waals surface area contributed by atoms with E-state index in [1.807, 2.05) is 24.7 Å². The van der Waals surface area contributed by atoms with Gasteiger partial charge in [0.1, 0.15) is 17.3 Å². The number of nitrogens with one attached hydrogen (secondary N) is 2. The molecule has 12 heteroatoms. The molecule has 44 heavy (non-hydrogen) atoms. The third kappa shape index (κ3) is 7.01. The van der Waals surface area contributed by atoms with Crippen LogP contribution in [-0.2, 0) is 20.5 Å². The van der Waals surface area contributed by atoms with Crippen molar-refractivity contribution in [3.05, 3.63) is 70.6 Å². The highest BCUT2D eigenvalue weighted by Crippen LogP contribution is 2.41. The van der Waals surface area contributed by atoms with E-state index in [0.717, 1.165) is 36.8 Å². The van der Waals surface area contributed by atoms with Crippen molar-refractivity contribution in [1.82, 2.24) is 20.1 Å². The third-order valence-electron chi connectivity index (χ3n) is 8.19. The van der Waals surface area contributed by atoms with Gasteiger partial charge in [-0.15, -0.1) is 0 Å². The summed E-state index contributed by atoms with van der Waals surface area (Å²) in [5, 5.41) is 9.59. The van der Waals surface area contributed by atoms with Gasteiger partial charge in [-0.1, -0.05) is 35.9 Å². The molecular weight excluding hydrogens is 603 g/mol. The number of benzene rings is 2. The normalized spacial score (nSPS) is 18.2. The number of aromatic nitrogens is 3. The summed E-state index contributed by atoms with van der Waals surface area (Å²) < 4.78 is 50.7. The van der Waals surface area contributed by atoms with Crippen LogP contribution in [0.2, 0.25) is 5.02 Å². The number of ether oxygens (including phenoxy) is 1. The summed E-state index contributed by atoms with van der Waals surface area (Å²) in [4.78, 5) is 4.56. The van der Waals surface area contributed by atoms with Crippen LogP contribution < -0.4 is 15.8 Å². The molecule has 1 unspecified atom stereocenters. The zero-order valence-corrected chi connectivity index (χ0v) is 27.1. The average Bonchev–Trinajstić information content (AvgIpc) is 3.38. The van der Waals surface area contributed by atoms with Crippen molar-refractivity contribution in [2.75, 3.05) is 24.2 Å². The lowest BCUT2D eigenvalue weighted by Crippen LogP contribution is -2.40. The molecule has 0 aliphatic heterocycles. The van der Waals surface area contributed by atoms with E-state index >= 15 is 4.39 Å². The van der Waals surface area contributed by atoms with Gasteiger partial charge < -0.3 is 15.8 Å². The smallest absolute Gasteiger partial charge is 0.237 e. The maximum atomic E-state index is 15.4. The molecule has 0 spiro atoms. The van der Waals surface area contributed by atoms with Crippen molar-refractivity contribution in [2.24, 2.45) is 0 Å². The third-order valence-corrected chi connectivity index (χ3v) is 9.78. The van der Waals surface area contributed by atoms with Crippen molar-refractivity contribution in [1.29, 1.82) is 0 Å². The largest absolute Gasteiger partial charge is 0.383 e. The van der Waals surface area contributed by atoms with E-state index in [-0.39, 0.29) is 23.4 Å². The summed E-state index contributed by atoms with van der Waals surface area (Å²) in [5.41, 5.74) is 9.72. The first kappa shape index (κ1) is 32.2. The topological polar surface area (TPSA) is 124 Å². The number of rotatable bonds is 11. The van der Waals surface area contributed by atoms with E-state index < -0.39 is 15.8 Å². The minimum atomic E-state index is -3.93. The minimum Gasteiger partial charge on any atom is -0.383 e. The molecule has 0 amide bonds. The van der Waals surface area contributed by atoms with Crippen molar-refractivity contribution < 1.29 is 17.5 Å². The predicted octanol–water partition coefficient (Wildman–Crippen LogP) is 6.65. The lowest BCUT2D eigenvalue weighted by molar-refractivity contribution is 0.161. The summed E-state index contributed by atoms with van der Waals surface area (Å²) in [7, 11) is -2.21. The first-order valence-electron chi connectivity index (χ1n) is 14.9. The van der Waals surface area contributed by atoms with E-state index in [4.69, 9.17) is 27.2 Å². The van der Waals surface area contributed by atoms with Crippen LogP contribution in [0.15, 0.2) is 48.7 Å². The maximum Gasteiger partial charge on any atom is 0.237 e. The number of nitrogen functional groups attached to an aromatic ring is 1. The van der Waals surface area contributed by atoms with E-state index in [1.165, 1.54) is 12.1 Å². The molecule has 4 aromatic rings. The molecule has 2 heterocycles. The van der Waals surface area contributed by atoms with Gasteiger partial charge in [-0.3, -0.25) is 9.40 Å². The number of nitrogens with zero attached hydrogens (tertiary/aromatic N) is 3. The van der Waals surface area contributed by atoms with Crippen LogP contribution in [0.5, 0.6) is 0 Å². The minimum absolute atomic E-state index is 0.0143. The molecular formula is C32H40ClFN6O3S. The van der Waals surface area contributed by atoms with Gasteiger partial charge in [0.25, 0.3) is 0 Å². The maximum absolute atomic E-state index is 15.4. The molecule has 2 aromatic heterocycles. The predicted molar refractivity (Wildman–Crippen MR) is 175 cm³/mol. The fourth-order valence-electron chi connectivity index (χ4n) is 6.13. The number of hydrogen-bond donors (Lipinski definition) is 3. The molecule has 2 aromatic carbocycles. The molecule has 1 fully saturated rings. The first-order valence-corrected chi connectivity index (χ1v) is 17.0. The Morgan fingerprint density at radius 1 is 1.14 bits per heavy atom. The Labute approximate surface area is 263 Å². The second kappa shape index (κ2) is 13.4. The number of halogens is 2. The molecule has 1 aliphatic rings. The van der Waals surface area contributed by atoms with Crippen LogP contribution in [0.4, 0.5) is 15.9 Å². The Bertz CT molecular complexity index is 1740.